The van der Waals surface area contributed by atoms with Crippen LogP contribution in [0.1, 0.15) is 31.7 Å². The van der Waals surface area contributed by atoms with E-state index in [1.165, 1.54) is 6.20 Å². The van der Waals surface area contributed by atoms with Gasteiger partial charge in [0.25, 0.3) is 5.56 Å². The van der Waals surface area contributed by atoms with Crippen molar-refractivity contribution in [1.82, 2.24) is 14.8 Å². The SMILES string of the molecule is CCSC1CCCC1Nc1cnn(-c2ccc(C(F)(F)F)cn2)c(=O)c1Cl. The van der Waals surface area contributed by atoms with E-state index < -0.39 is 17.3 Å². The number of hydrogen-bond donors (Lipinski definition) is 1. The van der Waals surface area contributed by atoms with Crippen molar-refractivity contribution in [2.24, 2.45) is 0 Å². The van der Waals surface area contributed by atoms with E-state index in [-0.39, 0.29) is 16.9 Å². The van der Waals surface area contributed by atoms with Crippen molar-refractivity contribution in [2.75, 3.05) is 11.1 Å². The van der Waals surface area contributed by atoms with E-state index in [1.54, 1.807) is 0 Å². The van der Waals surface area contributed by atoms with Gasteiger partial charge in [-0.05, 0) is 30.7 Å². The van der Waals surface area contributed by atoms with Gasteiger partial charge in [-0.15, -0.1) is 0 Å². The van der Waals surface area contributed by atoms with Gasteiger partial charge in [-0.1, -0.05) is 24.9 Å². The maximum Gasteiger partial charge on any atom is 0.417 e. The molecule has 2 aromatic heterocycles. The normalized spacial score (nSPS) is 20.0. The largest absolute Gasteiger partial charge is 0.417 e. The third kappa shape index (κ3) is 4.40. The lowest BCUT2D eigenvalue weighted by Crippen LogP contribution is -2.29. The molecule has 0 bridgehead atoms. The molecule has 0 saturated heterocycles. The topological polar surface area (TPSA) is 59.8 Å². The zero-order chi connectivity index (χ0) is 19.6. The van der Waals surface area contributed by atoms with Crippen LogP contribution in [0.3, 0.4) is 0 Å². The number of hydrogen-bond acceptors (Lipinski definition) is 5. The Balaban J connectivity index is 1.84. The molecule has 2 atom stereocenters. The number of alkyl halides is 3. The van der Waals surface area contributed by atoms with Crippen LogP contribution in [0.5, 0.6) is 0 Å². The molecule has 2 heterocycles. The van der Waals surface area contributed by atoms with Crippen molar-refractivity contribution in [3.63, 3.8) is 0 Å². The highest BCUT2D eigenvalue weighted by molar-refractivity contribution is 7.99. The van der Waals surface area contributed by atoms with Gasteiger partial charge in [0.1, 0.15) is 5.02 Å². The van der Waals surface area contributed by atoms with E-state index in [4.69, 9.17) is 11.6 Å². The van der Waals surface area contributed by atoms with E-state index in [0.29, 0.717) is 17.1 Å². The predicted octanol–water partition coefficient (Wildman–Crippen LogP) is 4.39. The summed E-state index contributed by atoms with van der Waals surface area (Å²) in [6.45, 7) is 2.10. The van der Waals surface area contributed by atoms with Crippen molar-refractivity contribution in [1.29, 1.82) is 0 Å². The Morgan fingerprint density at radius 2 is 2.11 bits per heavy atom. The number of aromatic nitrogens is 3. The van der Waals surface area contributed by atoms with Gasteiger partial charge in [0.15, 0.2) is 5.82 Å². The molecular weight excluding hydrogens is 401 g/mol. The van der Waals surface area contributed by atoms with E-state index >= 15 is 0 Å². The first-order chi connectivity index (χ1) is 12.8. The summed E-state index contributed by atoms with van der Waals surface area (Å²) in [6, 6.07) is 2.14. The highest BCUT2D eigenvalue weighted by Gasteiger charge is 2.31. The zero-order valence-corrected chi connectivity index (χ0v) is 16.0. The molecule has 10 heteroatoms. The van der Waals surface area contributed by atoms with E-state index in [1.807, 2.05) is 11.8 Å². The Morgan fingerprint density at radius 3 is 2.74 bits per heavy atom. The van der Waals surface area contributed by atoms with Gasteiger partial charge in [-0.25, -0.2) is 4.98 Å². The maximum atomic E-state index is 12.6. The summed E-state index contributed by atoms with van der Waals surface area (Å²) in [6.07, 6.45) is 0.769. The first-order valence-corrected chi connectivity index (χ1v) is 9.93. The Hall–Kier alpha value is -1.74. The summed E-state index contributed by atoms with van der Waals surface area (Å²) in [5.74, 6) is 0.984. The van der Waals surface area contributed by atoms with E-state index in [9.17, 15) is 18.0 Å². The van der Waals surface area contributed by atoms with Crippen LogP contribution in [-0.4, -0.2) is 31.8 Å². The zero-order valence-electron chi connectivity index (χ0n) is 14.5. The fourth-order valence-electron chi connectivity index (χ4n) is 3.08. The van der Waals surface area contributed by atoms with E-state index in [0.717, 1.165) is 41.8 Å². The van der Waals surface area contributed by atoms with Crippen LogP contribution < -0.4 is 10.9 Å². The van der Waals surface area contributed by atoms with Crippen molar-refractivity contribution < 1.29 is 13.2 Å². The molecule has 0 aromatic carbocycles. The molecule has 1 fully saturated rings. The lowest BCUT2D eigenvalue weighted by atomic mass is 10.2. The van der Waals surface area contributed by atoms with E-state index in [2.05, 4.69) is 22.3 Å². The summed E-state index contributed by atoms with van der Waals surface area (Å²) >= 11 is 8.07. The highest BCUT2D eigenvalue weighted by atomic mass is 35.5. The molecule has 1 aliphatic rings. The van der Waals surface area contributed by atoms with Crippen molar-refractivity contribution in [2.45, 2.75) is 43.7 Å². The number of thioether (sulfide) groups is 1. The van der Waals surface area contributed by atoms with Gasteiger partial charge in [-0.3, -0.25) is 4.79 Å². The number of nitrogens with zero attached hydrogens (tertiary/aromatic N) is 3. The van der Waals surface area contributed by atoms with Crippen LogP contribution >= 0.6 is 23.4 Å². The summed E-state index contributed by atoms with van der Waals surface area (Å²) in [4.78, 5) is 16.2. The summed E-state index contributed by atoms with van der Waals surface area (Å²) < 4.78 is 38.8. The Labute approximate surface area is 163 Å². The third-order valence-electron chi connectivity index (χ3n) is 4.39. The third-order valence-corrected chi connectivity index (χ3v) is 6.08. The lowest BCUT2D eigenvalue weighted by molar-refractivity contribution is -0.137. The quantitative estimate of drug-likeness (QED) is 0.780. The molecule has 2 unspecified atom stereocenters. The lowest BCUT2D eigenvalue weighted by Gasteiger charge is -2.21. The second-order valence-electron chi connectivity index (χ2n) is 6.17. The Bertz CT molecular complexity index is 857. The van der Waals surface area contributed by atoms with Gasteiger partial charge in [0.2, 0.25) is 0 Å². The van der Waals surface area contributed by atoms with Crippen molar-refractivity contribution >= 4 is 29.1 Å². The number of halogens is 4. The monoisotopic (exact) mass is 418 g/mol. The summed E-state index contributed by atoms with van der Waals surface area (Å²) in [7, 11) is 0. The van der Waals surface area contributed by atoms with Crippen LogP contribution in [-0.2, 0) is 6.18 Å². The molecule has 1 saturated carbocycles. The Morgan fingerprint density at radius 1 is 1.33 bits per heavy atom. The molecule has 1 N–H and O–H groups in total. The van der Waals surface area contributed by atoms with Crippen LogP contribution in [0.4, 0.5) is 18.9 Å². The maximum absolute atomic E-state index is 12.6. The number of rotatable bonds is 5. The van der Waals surface area contributed by atoms with Gasteiger partial charge >= 0.3 is 6.18 Å². The van der Waals surface area contributed by atoms with Crippen LogP contribution in [0, 0.1) is 0 Å². The van der Waals surface area contributed by atoms with Crippen LogP contribution in [0.15, 0.2) is 29.3 Å². The predicted molar refractivity (Wildman–Crippen MR) is 101 cm³/mol. The van der Waals surface area contributed by atoms with Crippen LogP contribution in [0.25, 0.3) is 5.82 Å². The molecule has 2 aromatic rings. The second kappa shape index (κ2) is 8.10. The fraction of sp³-hybridized carbons (Fsp3) is 0.471. The minimum absolute atomic E-state index is 0.0262. The molecule has 146 valence electrons. The van der Waals surface area contributed by atoms with Crippen molar-refractivity contribution in [3.8, 4) is 5.82 Å². The number of pyridine rings is 1. The highest BCUT2D eigenvalue weighted by Crippen LogP contribution is 2.33. The van der Waals surface area contributed by atoms with Gasteiger partial charge in [0.05, 0.1) is 17.4 Å². The smallest absolute Gasteiger partial charge is 0.379 e. The molecule has 27 heavy (non-hydrogen) atoms. The molecular formula is C17H18ClF3N4OS. The first kappa shape index (κ1) is 20.0. The average molecular weight is 419 g/mol. The van der Waals surface area contributed by atoms with Gasteiger partial charge in [0, 0.05) is 17.5 Å². The molecule has 1 aliphatic carbocycles. The van der Waals surface area contributed by atoms with Crippen molar-refractivity contribution in [3.05, 3.63) is 45.5 Å². The second-order valence-corrected chi connectivity index (χ2v) is 8.06. The number of anilines is 1. The van der Waals surface area contributed by atoms with Crippen LogP contribution in [0.2, 0.25) is 5.02 Å². The molecule has 0 aliphatic heterocycles. The fourth-order valence-corrected chi connectivity index (χ4v) is 4.46. The first-order valence-electron chi connectivity index (χ1n) is 8.51. The molecule has 0 spiro atoms. The molecule has 0 radical (unpaired) electrons. The molecule has 5 nitrogen and oxygen atoms in total. The van der Waals surface area contributed by atoms with Gasteiger partial charge < -0.3 is 5.32 Å². The summed E-state index contributed by atoms with van der Waals surface area (Å²) in [5.41, 5.74) is -1.10. The molecule has 0 amide bonds. The minimum Gasteiger partial charge on any atom is -0.379 e. The molecule has 3 rings (SSSR count). The van der Waals surface area contributed by atoms with Gasteiger partial charge in [-0.2, -0.15) is 34.7 Å². The average Bonchev–Trinajstić information content (AvgIpc) is 3.06. The Kier molecular flexibility index (Phi) is 6.00. The minimum atomic E-state index is -4.50. The standard InChI is InChI=1S/C17H18ClF3N4OS/c1-2-27-13-5-3-4-11(13)24-12-9-23-25(16(26)15(12)18)14-7-6-10(8-22-14)17(19,20)21/h6-9,11,13,24H,2-5H2,1H3. The number of nitrogens with one attached hydrogen (secondary N) is 1. The summed E-state index contributed by atoms with van der Waals surface area (Å²) in [5, 5.41) is 7.71.